The van der Waals surface area contributed by atoms with E-state index in [0.717, 1.165) is 0 Å². The van der Waals surface area contributed by atoms with Crippen molar-refractivity contribution in [2.45, 2.75) is 6.92 Å². The van der Waals surface area contributed by atoms with Crippen molar-refractivity contribution in [2.75, 3.05) is 25.3 Å². The number of anilines is 2. The Labute approximate surface area is 116 Å². The maximum absolute atomic E-state index is 12.1. The fraction of sp³-hybridized carbons (Fsp3) is 0.231. The monoisotopic (exact) mass is 276 g/mol. The van der Waals surface area contributed by atoms with Gasteiger partial charge in [-0.25, -0.2) is 0 Å². The fourth-order valence-corrected chi connectivity index (χ4v) is 1.72. The molecule has 7 nitrogen and oxygen atoms in total. The third kappa shape index (κ3) is 2.51. The highest BCUT2D eigenvalue weighted by atomic mass is 16.5. The first-order chi connectivity index (χ1) is 9.56. The number of aromatic nitrogens is 2. The number of hydrogen-bond donors (Lipinski definition) is 3. The second-order valence-corrected chi connectivity index (χ2v) is 4.13. The van der Waals surface area contributed by atoms with E-state index in [1.165, 1.54) is 7.11 Å². The Morgan fingerprint density at radius 2 is 2.00 bits per heavy atom. The molecule has 0 bridgehead atoms. The predicted octanol–water partition coefficient (Wildman–Crippen LogP) is 1.57. The second kappa shape index (κ2) is 5.52. The molecule has 20 heavy (non-hydrogen) atoms. The lowest BCUT2D eigenvalue weighted by Crippen LogP contribution is -2.14. The van der Waals surface area contributed by atoms with Crippen LogP contribution < -0.4 is 20.5 Å². The first-order valence-corrected chi connectivity index (χ1v) is 5.90. The molecular weight excluding hydrogens is 260 g/mol. The molecule has 0 saturated heterocycles. The molecule has 0 aliphatic rings. The van der Waals surface area contributed by atoms with Gasteiger partial charge in [-0.3, -0.25) is 9.89 Å². The summed E-state index contributed by atoms with van der Waals surface area (Å²) >= 11 is 0. The first-order valence-electron chi connectivity index (χ1n) is 5.90. The van der Waals surface area contributed by atoms with Crippen LogP contribution in [-0.2, 0) is 0 Å². The molecule has 4 N–H and O–H groups in total. The summed E-state index contributed by atoms with van der Waals surface area (Å²) in [6, 6.07) is 5.06. The molecule has 0 unspecified atom stereocenters. The summed E-state index contributed by atoms with van der Waals surface area (Å²) in [6.07, 6.45) is 0. The molecule has 1 aromatic heterocycles. The van der Waals surface area contributed by atoms with Crippen LogP contribution in [0, 0.1) is 6.92 Å². The summed E-state index contributed by atoms with van der Waals surface area (Å²) in [5.41, 5.74) is 7.48. The highest BCUT2D eigenvalue weighted by molar-refractivity contribution is 6.06. The number of ether oxygens (including phenoxy) is 2. The number of H-pyrrole nitrogens is 1. The zero-order valence-electron chi connectivity index (χ0n) is 11.5. The van der Waals surface area contributed by atoms with Crippen molar-refractivity contribution in [1.29, 1.82) is 0 Å². The molecule has 0 aliphatic heterocycles. The lowest BCUT2D eigenvalue weighted by atomic mass is 10.2. The topological polar surface area (TPSA) is 102 Å². The van der Waals surface area contributed by atoms with Gasteiger partial charge in [-0.15, -0.1) is 0 Å². The number of carbonyl (C=O) groups excluding carboxylic acids is 1. The molecule has 7 heteroatoms. The minimum absolute atomic E-state index is 0.164. The van der Waals surface area contributed by atoms with E-state index in [-0.39, 0.29) is 11.6 Å². The molecule has 1 amide bonds. The number of aromatic amines is 1. The van der Waals surface area contributed by atoms with Crippen LogP contribution in [-0.4, -0.2) is 30.3 Å². The number of nitrogens with two attached hydrogens (primary N) is 1. The van der Waals surface area contributed by atoms with Gasteiger partial charge in [0.1, 0.15) is 0 Å². The highest BCUT2D eigenvalue weighted by Crippen LogP contribution is 2.30. The molecule has 1 aromatic carbocycles. The van der Waals surface area contributed by atoms with Gasteiger partial charge in [-0.05, 0) is 19.1 Å². The third-order valence-corrected chi connectivity index (χ3v) is 2.85. The van der Waals surface area contributed by atoms with Crippen LogP contribution in [0.15, 0.2) is 18.2 Å². The van der Waals surface area contributed by atoms with Crippen LogP contribution in [0.5, 0.6) is 11.5 Å². The predicted molar refractivity (Wildman–Crippen MR) is 75.2 cm³/mol. The van der Waals surface area contributed by atoms with Crippen molar-refractivity contribution < 1.29 is 14.3 Å². The van der Waals surface area contributed by atoms with Gasteiger partial charge in [0, 0.05) is 11.8 Å². The Balaban J connectivity index is 2.22. The van der Waals surface area contributed by atoms with Gasteiger partial charge in [-0.1, -0.05) is 0 Å². The number of nitrogens with zero attached hydrogens (tertiary/aromatic N) is 1. The summed E-state index contributed by atoms with van der Waals surface area (Å²) in [6.45, 7) is 1.75. The van der Waals surface area contributed by atoms with Gasteiger partial charge in [0.2, 0.25) is 0 Å². The van der Waals surface area contributed by atoms with Gasteiger partial charge in [0.25, 0.3) is 5.91 Å². The number of nitrogen functional groups attached to an aromatic ring is 1. The van der Waals surface area contributed by atoms with Crippen molar-refractivity contribution >= 4 is 17.3 Å². The fourth-order valence-electron chi connectivity index (χ4n) is 1.72. The maximum atomic E-state index is 12.1. The Hall–Kier alpha value is -2.70. The van der Waals surface area contributed by atoms with E-state index < -0.39 is 0 Å². The average Bonchev–Trinajstić information content (AvgIpc) is 2.79. The Kier molecular flexibility index (Phi) is 3.79. The van der Waals surface area contributed by atoms with Gasteiger partial charge in [0.05, 0.1) is 25.6 Å². The van der Waals surface area contributed by atoms with Crippen LogP contribution in [0.25, 0.3) is 0 Å². The molecule has 0 fully saturated rings. The van der Waals surface area contributed by atoms with Crippen molar-refractivity contribution in [3.8, 4) is 11.5 Å². The van der Waals surface area contributed by atoms with Crippen LogP contribution >= 0.6 is 0 Å². The largest absolute Gasteiger partial charge is 0.493 e. The normalized spacial score (nSPS) is 10.2. The maximum Gasteiger partial charge on any atom is 0.278 e. The molecule has 2 rings (SSSR count). The number of rotatable bonds is 4. The van der Waals surface area contributed by atoms with Gasteiger partial charge in [-0.2, -0.15) is 5.10 Å². The van der Waals surface area contributed by atoms with Crippen LogP contribution in [0.1, 0.15) is 16.2 Å². The van der Waals surface area contributed by atoms with Crippen LogP contribution in [0.3, 0.4) is 0 Å². The molecular formula is C13H16N4O3. The zero-order valence-corrected chi connectivity index (χ0v) is 11.5. The standard InChI is InChI=1S/C13H16N4O3/c1-7-11(14)12(17-16-7)13(18)15-8-4-5-9(19-2)10(6-8)20-3/h4-6H,14H2,1-3H3,(H,15,18)(H,16,17). The zero-order chi connectivity index (χ0) is 14.7. The molecule has 0 radical (unpaired) electrons. The van der Waals surface area contributed by atoms with E-state index in [1.807, 2.05) is 0 Å². The number of methoxy groups -OCH3 is 2. The number of benzene rings is 1. The molecule has 0 aliphatic carbocycles. The molecule has 1 heterocycles. The van der Waals surface area contributed by atoms with Crippen LogP contribution in [0.4, 0.5) is 11.4 Å². The smallest absolute Gasteiger partial charge is 0.278 e. The van der Waals surface area contributed by atoms with E-state index in [2.05, 4.69) is 15.5 Å². The molecule has 0 saturated carbocycles. The van der Waals surface area contributed by atoms with Crippen molar-refractivity contribution in [3.05, 3.63) is 29.6 Å². The number of carbonyl (C=O) groups is 1. The van der Waals surface area contributed by atoms with Crippen LogP contribution in [0.2, 0.25) is 0 Å². The number of hydrogen-bond acceptors (Lipinski definition) is 5. The van der Waals surface area contributed by atoms with E-state index in [4.69, 9.17) is 15.2 Å². The molecule has 2 aromatic rings. The van der Waals surface area contributed by atoms with E-state index in [9.17, 15) is 4.79 Å². The Morgan fingerprint density at radius 1 is 1.30 bits per heavy atom. The number of nitrogens with one attached hydrogen (secondary N) is 2. The third-order valence-electron chi connectivity index (χ3n) is 2.85. The Morgan fingerprint density at radius 3 is 2.55 bits per heavy atom. The summed E-state index contributed by atoms with van der Waals surface area (Å²) in [5.74, 6) is 0.719. The quantitative estimate of drug-likeness (QED) is 0.786. The number of aryl methyl sites for hydroxylation is 1. The highest BCUT2D eigenvalue weighted by Gasteiger charge is 2.16. The van der Waals surface area contributed by atoms with E-state index >= 15 is 0 Å². The van der Waals surface area contributed by atoms with E-state index in [0.29, 0.717) is 28.6 Å². The summed E-state index contributed by atoms with van der Waals surface area (Å²) in [5, 5.41) is 9.24. The molecule has 0 spiro atoms. The lowest BCUT2D eigenvalue weighted by Gasteiger charge is -2.10. The summed E-state index contributed by atoms with van der Waals surface area (Å²) < 4.78 is 10.3. The van der Waals surface area contributed by atoms with Gasteiger partial charge >= 0.3 is 0 Å². The number of amides is 1. The SMILES string of the molecule is COc1ccc(NC(=O)c2n[nH]c(C)c2N)cc1OC. The van der Waals surface area contributed by atoms with Gasteiger partial charge < -0.3 is 20.5 Å². The molecule has 0 atom stereocenters. The van der Waals surface area contributed by atoms with E-state index in [1.54, 1.807) is 32.2 Å². The second-order valence-electron chi connectivity index (χ2n) is 4.13. The van der Waals surface area contributed by atoms with Gasteiger partial charge in [0.15, 0.2) is 17.2 Å². The summed E-state index contributed by atoms with van der Waals surface area (Å²) in [7, 11) is 3.07. The minimum atomic E-state index is -0.390. The first kappa shape index (κ1) is 13.7. The average molecular weight is 276 g/mol. The van der Waals surface area contributed by atoms with Crippen molar-refractivity contribution in [3.63, 3.8) is 0 Å². The molecule has 106 valence electrons. The minimum Gasteiger partial charge on any atom is -0.493 e. The van der Waals surface area contributed by atoms with Crippen molar-refractivity contribution in [1.82, 2.24) is 10.2 Å². The lowest BCUT2D eigenvalue weighted by molar-refractivity contribution is 0.102. The Bertz CT molecular complexity index is 637. The summed E-state index contributed by atoms with van der Waals surface area (Å²) in [4.78, 5) is 12.1. The van der Waals surface area contributed by atoms with Crippen molar-refractivity contribution in [2.24, 2.45) is 0 Å².